The smallest absolute Gasteiger partial charge is 0.270 e. The van der Waals surface area contributed by atoms with Crippen molar-refractivity contribution < 1.29 is 9.72 Å². The molecule has 0 atom stereocenters. The Morgan fingerprint density at radius 2 is 2.17 bits per heavy atom. The molecule has 1 heterocycles. The summed E-state index contributed by atoms with van der Waals surface area (Å²) in [6.07, 6.45) is 4.27. The summed E-state index contributed by atoms with van der Waals surface area (Å²) in [4.78, 5) is 24.5. The Morgan fingerprint density at radius 1 is 1.43 bits per heavy atom. The van der Waals surface area contributed by atoms with Gasteiger partial charge in [0.05, 0.1) is 16.7 Å². The molecule has 0 aliphatic rings. The summed E-state index contributed by atoms with van der Waals surface area (Å²) in [5.41, 5.74) is 1.83. The lowest BCUT2D eigenvalue weighted by Gasteiger charge is -2.16. The van der Waals surface area contributed by atoms with Gasteiger partial charge in [0.15, 0.2) is 0 Å². The van der Waals surface area contributed by atoms with Gasteiger partial charge < -0.3 is 10.2 Å². The fraction of sp³-hybridized carbons (Fsp3) is 0.333. The Bertz CT molecular complexity index is 724. The standard InChI is InChI=1S/C15H19N5O3/c1-18(2)14-5-4-12(20(22)23)8-13(14)15(21)16-7-6-11-9-17-19(3)10-11/h4-5,8-10H,6-7H2,1-3H3,(H,16,21). The van der Waals surface area contributed by atoms with Crippen LogP contribution in [0.3, 0.4) is 0 Å². The second-order valence-corrected chi connectivity index (χ2v) is 5.38. The second-order valence-electron chi connectivity index (χ2n) is 5.38. The summed E-state index contributed by atoms with van der Waals surface area (Å²) in [7, 11) is 5.40. The topological polar surface area (TPSA) is 93.3 Å². The van der Waals surface area contributed by atoms with Crippen molar-refractivity contribution in [1.29, 1.82) is 0 Å². The minimum absolute atomic E-state index is 0.104. The van der Waals surface area contributed by atoms with Crippen LogP contribution in [-0.2, 0) is 13.5 Å². The maximum Gasteiger partial charge on any atom is 0.270 e. The van der Waals surface area contributed by atoms with Crippen molar-refractivity contribution in [2.45, 2.75) is 6.42 Å². The summed E-state index contributed by atoms with van der Waals surface area (Å²) in [5, 5.41) is 17.8. The molecule has 1 aromatic carbocycles. The van der Waals surface area contributed by atoms with Crippen molar-refractivity contribution in [3.05, 3.63) is 51.8 Å². The molecule has 0 saturated carbocycles. The number of nitrogens with zero attached hydrogens (tertiary/aromatic N) is 4. The molecule has 1 aromatic heterocycles. The van der Waals surface area contributed by atoms with Crippen molar-refractivity contribution in [1.82, 2.24) is 15.1 Å². The SMILES string of the molecule is CN(C)c1ccc([N+](=O)[O-])cc1C(=O)NCCc1cnn(C)c1. The van der Waals surface area contributed by atoms with Crippen LogP contribution in [0, 0.1) is 10.1 Å². The number of amides is 1. The van der Waals surface area contributed by atoms with Gasteiger partial charge in [0.1, 0.15) is 0 Å². The van der Waals surface area contributed by atoms with Crippen LogP contribution < -0.4 is 10.2 Å². The highest BCUT2D eigenvalue weighted by Crippen LogP contribution is 2.24. The van der Waals surface area contributed by atoms with Gasteiger partial charge in [0.25, 0.3) is 11.6 Å². The predicted octanol–water partition coefficient (Wildman–Crippen LogP) is 1.37. The number of carbonyl (C=O) groups is 1. The van der Waals surface area contributed by atoms with Gasteiger partial charge >= 0.3 is 0 Å². The number of carbonyl (C=O) groups excluding carboxylic acids is 1. The van der Waals surface area contributed by atoms with Crippen LogP contribution in [-0.4, -0.2) is 41.3 Å². The number of benzene rings is 1. The molecule has 0 radical (unpaired) electrons. The third-order valence-corrected chi connectivity index (χ3v) is 3.37. The fourth-order valence-corrected chi connectivity index (χ4v) is 2.23. The van der Waals surface area contributed by atoms with E-state index in [1.54, 1.807) is 35.9 Å². The van der Waals surface area contributed by atoms with E-state index in [0.717, 1.165) is 5.56 Å². The Labute approximate surface area is 133 Å². The van der Waals surface area contributed by atoms with E-state index in [4.69, 9.17) is 0 Å². The number of hydrogen-bond donors (Lipinski definition) is 1. The number of non-ortho nitro benzene ring substituents is 1. The Balaban J connectivity index is 2.10. The number of nitro benzene ring substituents is 1. The van der Waals surface area contributed by atoms with Gasteiger partial charge in [-0.15, -0.1) is 0 Å². The van der Waals surface area contributed by atoms with Crippen LogP contribution in [0.5, 0.6) is 0 Å². The zero-order valence-corrected chi connectivity index (χ0v) is 13.3. The van der Waals surface area contributed by atoms with Crippen LogP contribution in [0.15, 0.2) is 30.6 Å². The fourth-order valence-electron chi connectivity index (χ4n) is 2.23. The zero-order valence-electron chi connectivity index (χ0n) is 13.3. The first-order valence-electron chi connectivity index (χ1n) is 7.10. The van der Waals surface area contributed by atoms with Crippen LogP contribution in [0.25, 0.3) is 0 Å². The normalized spacial score (nSPS) is 10.4. The molecule has 0 unspecified atom stereocenters. The lowest BCUT2D eigenvalue weighted by atomic mass is 10.1. The molecular formula is C15H19N5O3. The number of hydrogen-bond acceptors (Lipinski definition) is 5. The number of anilines is 1. The summed E-state index contributed by atoms with van der Waals surface area (Å²) in [6.45, 7) is 0.431. The van der Waals surface area contributed by atoms with E-state index in [9.17, 15) is 14.9 Å². The first-order valence-corrected chi connectivity index (χ1v) is 7.10. The van der Waals surface area contributed by atoms with Gasteiger partial charge in [-0.3, -0.25) is 19.6 Å². The van der Waals surface area contributed by atoms with Crippen LogP contribution >= 0.6 is 0 Å². The predicted molar refractivity (Wildman–Crippen MR) is 86.7 cm³/mol. The molecule has 0 saturated heterocycles. The van der Waals surface area contributed by atoms with Gasteiger partial charge in [-0.05, 0) is 18.1 Å². The first kappa shape index (κ1) is 16.5. The van der Waals surface area contributed by atoms with E-state index in [0.29, 0.717) is 18.7 Å². The maximum atomic E-state index is 12.4. The molecule has 8 heteroatoms. The van der Waals surface area contributed by atoms with Gasteiger partial charge in [-0.2, -0.15) is 5.10 Å². The number of nitrogens with one attached hydrogen (secondary N) is 1. The minimum atomic E-state index is -0.508. The average molecular weight is 317 g/mol. The van der Waals surface area contributed by atoms with Gasteiger partial charge in [0, 0.05) is 51.7 Å². The third kappa shape index (κ3) is 4.06. The van der Waals surface area contributed by atoms with E-state index in [2.05, 4.69) is 10.4 Å². The van der Waals surface area contributed by atoms with E-state index < -0.39 is 4.92 Å². The highest BCUT2D eigenvalue weighted by molar-refractivity contribution is 6.00. The number of rotatable bonds is 6. The maximum absolute atomic E-state index is 12.4. The van der Waals surface area contributed by atoms with Gasteiger partial charge in [0.2, 0.25) is 0 Å². The quantitative estimate of drug-likeness (QED) is 0.641. The number of aryl methyl sites for hydroxylation is 1. The summed E-state index contributed by atoms with van der Waals surface area (Å²) in [6, 6.07) is 4.27. The highest BCUT2D eigenvalue weighted by Gasteiger charge is 2.17. The summed E-state index contributed by atoms with van der Waals surface area (Å²) < 4.78 is 1.70. The van der Waals surface area contributed by atoms with Crippen molar-refractivity contribution in [2.24, 2.45) is 7.05 Å². The highest BCUT2D eigenvalue weighted by atomic mass is 16.6. The molecule has 8 nitrogen and oxygen atoms in total. The summed E-state index contributed by atoms with van der Waals surface area (Å²) in [5.74, 6) is -0.332. The van der Waals surface area contributed by atoms with E-state index in [1.807, 2.05) is 13.2 Å². The van der Waals surface area contributed by atoms with Crippen molar-refractivity contribution in [2.75, 3.05) is 25.5 Å². The number of nitro groups is 1. The third-order valence-electron chi connectivity index (χ3n) is 3.37. The minimum Gasteiger partial charge on any atom is -0.377 e. The number of aromatic nitrogens is 2. The molecule has 1 amide bonds. The molecule has 0 spiro atoms. The second kappa shape index (κ2) is 6.91. The molecule has 122 valence electrons. The van der Waals surface area contributed by atoms with Gasteiger partial charge in [-0.25, -0.2) is 0 Å². The molecular weight excluding hydrogens is 298 g/mol. The van der Waals surface area contributed by atoms with Crippen LogP contribution in [0.2, 0.25) is 0 Å². The Hall–Kier alpha value is -2.90. The lowest BCUT2D eigenvalue weighted by Crippen LogP contribution is -2.27. The van der Waals surface area contributed by atoms with E-state index in [-0.39, 0.29) is 17.2 Å². The summed E-state index contributed by atoms with van der Waals surface area (Å²) >= 11 is 0. The molecule has 0 bridgehead atoms. The molecule has 0 aliphatic heterocycles. The Kier molecular flexibility index (Phi) is 4.95. The van der Waals surface area contributed by atoms with E-state index >= 15 is 0 Å². The monoisotopic (exact) mass is 317 g/mol. The Morgan fingerprint density at radius 3 is 2.74 bits per heavy atom. The zero-order chi connectivity index (χ0) is 17.0. The van der Waals surface area contributed by atoms with Crippen molar-refractivity contribution in [3.8, 4) is 0 Å². The van der Waals surface area contributed by atoms with Crippen LogP contribution in [0.4, 0.5) is 11.4 Å². The molecule has 1 N–H and O–H groups in total. The van der Waals surface area contributed by atoms with E-state index in [1.165, 1.54) is 12.1 Å². The first-order chi connectivity index (χ1) is 10.9. The molecule has 23 heavy (non-hydrogen) atoms. The molecule has 2 aromatic rings. The molecule has 0 fully saturated rings. The molecule has 2 rings (SSSR count). The molecule has 0 aliphatic carbocycles. The van der Waals surface area contributed by atoms with Gasteiger partial charge in [-0.1, -0.05) is 0 Å². The van der Waals surface area contributed by atoms with Crippen LogP contribution in [0.1, 0.15) is 15.9 Å². The lowest BCUT2D eigenvalue weighted by molar-refractivity contribution is -0.384. The average Bonchev–Trinajstić information content (AvgIpc) is 2.91. The largest absolute Gasteiger partial charge is 0.377 e. The van der Waals surface area contributed by atoms with Crippen molar-refractivity contribution >= 4 is 17.3 Å². The van der Waals surface area contributed by atoms with Crippen molar-refractivity contribution in [3.63, 3.8) is 0 Å².